The van der Waals surface area contributed by atoms with Crippen LogP contribution < -0.4 is 15.8 Å². The number of carbonyl (C=O) groups is 1. The summed E-state index contributed by atoms with van der Waals surface area (Å²) in [5.74, 6) is 0.829. The van der Waals surface area contributed by atoms with Crippen molar-refractivity contribution in [1.82, 2.24) is 24.3 Å². The maximum absolute atomic E-state index is 12.7. The second-order valence-corrected chi connectivity index (χ2v) is 9.65. The van der Waals surface area contributed by atoms with Crippen molar-refractivity contribution in [3.63, 3.8) is 0 Å². The van der Waals surface area contributed by atoms with Gasteiger partial charge in [-0.15, -0.1) is 0 Å². The molecule has 0 unspecified atom stereocenters. The Kier molecular flexibility index (Phi) is 5.27. The third kappa shape index (κ3) is 3.76. The first-order chi connectivity index (χ1) is 16.3. The highest BCUT2D eigenvalue weighted by Gasteiger charge is 2.25. The van der Waals surface area contributed by atoms with Crippen molar-refractivity contribution in [2.24, 2.45) is 0 Å². The Balaban J connectivity index is 1.44. The van der Waals surface area contributed by atoms with Crippen LogP contribution in [0.25, 0.3) is 16.7 Å². The minimum absolute atomic E-state index is 0.0714. The van der Waals surface area contributed by atoms with Crippen molar-refractivity contribution in [2.45, 2.75) is 52.0 Å². The summed E-state index contributed by atoms with van der Waals surface area (Å²) < 4.78 is 9.40. The number of ether oxygens (including phenoxy) is 1. The molecule has 3 N–H and O–H groups in total. The molecule has 3 aromatic heterocycles. The van der Waals surface area contributed by atoms with Gasteiger partial charge >= 0.3 is 0 Å². The molecule has 1 aromatic carbocycles. The Bertz CT molecular complexity index is 1390. The van der Waals surface area contributed by atoms with Gasteiger partial charge in [0.15, 0.2) is 5.82 Å². The van der Waals surface area contributed by atoms with E-state index in [0.29, 0.717) is 17.3 Å². The van der Waals surface area contributed by atoms with Gasteiger partial charge in [-0.25, -0.2) is 9.97 Å². The van der Waals surface area contributed by atoms with Crippen molar-refractivity contribution >= 4 is 28.4 Å². The fraction of sp³-hybridized carbons (Fsp3) is 0.360. The molecule has 4 aromatic rings. The van der Waals surface area contributed by atoms with E-state index in [4.69, 9.17) is 10.5 Å². The monoisotopic (exact) mass is 459 g/mol. The van der Waals surface area contributed by atoms with Crippen LogP contribution in [-0.2, 0) is 29.6 Å². The fourth-order valence-corrected chi connectivity index (χ4v) is 4.59. The molecule has 5 rings (SSSR count). The van der Waals surface area contributed by atoms with Crippen molar-refractivity contribution in [3.05, 3.63) is 53.7 Å². The van der Waals surface area contributed by atoms with Gasteiger partial charge in [0.05, 0.1) is 24.0 Å². The first-order valence-corrected chi connectivity index (χ1v) is 11.4. The van der Waals surface area contributed by atoms with E-state index < -0.39 is 0 Å². The Morgan fingerprint density at radius 2 is 2.03 bits per heavy atom. The zero-order valence-electron chi connectivity index (χ0n) is 19.9. The summed E-state index contributed by atoms with van der Waals surface area (Å²) in [5.41, 5.74) is 12.8. The van der Waals surface area contributed by atoms with Gasteiger partial charge in [-0.2, -0.15) is 5.10 Å². The molecule has 1 aliphatic carbocycles. The van der Waals surface area contributed by atoms with E-state index in [-0.39, 0.29) is 17.9 Å². The molecule has 0 radical (unpaired) electrons. The molecule has 1 aliphatic rings. The van der Waals surface area contributed by atoms with E-state index >= 15 is 0 Å². The molecular weight excluding hydrogens is 430 g/mol. The lowest BCUT2D eigenvalue weighted by Crippen LogP contribution is -2.20. The minimum Gasteiger partial charge on any atom is -0.494 e. The first kappa shape index (κ1) is 21.9. The molecule has 9 heteroatoms. The van der Waals surface area contributed by atoms with Gasteiger partial charge in [-0.1, -0.05) is 20.8 Å². The van der Waals surface area contributed by atoms with Gasteiger partial charge in [0.2, 0.25) is 5.91 Å². The lowest BCUT2D eigenvalue weighted by atomic mass is 9.93. The van der Waals surface area contributed by atoms with E-state index in [1.165, 1.54) is 17.6 Å². The van der Waals surface area contributed by atoms with Crippen LogP contribution >= 0.6 is 0 Å². The highest BCUT2D eigenvalue weighted by Crippen LogP contribution is 2.38. The number of methoxy groups -OCH3 is 1. The molecule has 0 saturated heterocycles. The van der Waals surface area contributed by atoms with Gasteiger partial charge in [-0.3, -0.25) is 9.48 Å². The highest BCUT2D eigenvalue weighted by atomic mass is 16.5. The summed E-state index contributed by atoms with van der Waals surface area (Å²) in [6, 6.07) is 7.65. The van der Waals surface area contributed by atoms with Crippen LogP contribution in [0.4, 0.5) is 11.5 Å². The molecule has 176 valence electrons. The van der Waals surface area contributed by atoms with Gasteiger partial charge in [-0.05, 0) is 43.0 Å². The molecule has 0 fully saturated rings. The van der Waals surface area contributed by atoms with Crippen molar-refractivity contribution in [3.8, 4) is 11.4 Å². The number of hydrogen-bond donors (Lipinski definition) is 2. The zero-order valence-corrected chi connectivity index (χ0v) is 19.9. The summed E-state index contributed by atoms with van der Waals surface area (Å²) in [5, 5.41) is 7.47. The second kappa shape index (κ2) is 8.16. The maximum Gasteiger partial charge on any atom is 0.246 e. The number of rotatable bonds is 5. The highest BCUT2D eigenvalue weighted by molar-refractivity contribution is 5.93. The third-order valence-corrected chi connectivity index (χ3v) is 6.25. The molecule has 34 heavy (non-hydrogen) atoms. The molecule has 9 nitrogen and oxygen atoms in total. The van der Waals surface area contributed by atoms with Crippen LogP contribution in [0.5, 0.6) is 5.75 Å². The maximum atomic E-state index is 12.7. The van der Waals surface area contributed by atoms with E-state index in [1.54, 1.807) is 11.8 Å². The minimum atomic E-state index is -0.181. The van der Waals surface area contributed by atoms with E-state index in [1.807, 2.05) is 30.5 Å². The summed E-state index contributed by atoms with van der Waals surface area (Å²) in [7, 11) is 1.59. The van der Waals surface area contributed by atoms with Gasteiger partial charge in [0.25, 0.3) is 0 Å². The number of hydrogen-bond acceptors (Lipinski definition) is 6. The van der Waals surface area contributed by atoms with Crippen LogP contribution in [0.1, 0.15) is 44.1 Å². The standard InChI is InChI=1S/C25H29N7O2/c1-25(2,3)20-10-11-31(30-20)13-21(33)29-17-9-8-15(12-19(17)34-4)32-18-7-5-6-16(18)22-23(32)24(26)28-14-27-22/h8-12,14H,5-7,13H2,1-4H3,(H,29,33)(H2,26,27,28). The number of aryl methyl sites for hydroxylation is 1. The SMILES string of the molecule is COc1cc(-n2c3c(c4ncnc(N)c42)CCC3)ccc1NC(=O)Cn1ccc(C(C)(C)C)n1. The lowest BCUT2D eigenvalue weighted by Gasteiger charge is -2.15. The zero-order chi connectivity index (χ0) is 24.0. The van der Waals surface area contributed by atoms with Crippen LogP contribution in [0.3, 0.4) is 0 Å². The molecule has 0 saturated carbocycles. The number of nitrogens with one attached hydrogen (secondary N) is 1. The van der Waals surface area contributed by atoms with E-state index in [9.17, 15) is 4.79 Å². The summed E-state index contributed by atoms with van der Waals surface area (Å²) in [6.45, 7) is 6.39. The number of fused-ring (bicyclic) bond motifs is 3. The number of benzene rings is 1. The molecular formula is C25H29N7O2. The van der Waals surface area contributed by atoms with Crippen LogP contribution in [0.2, 0.25) is 0 Å². The molecule has 0 atom stereocenters. The van der Waals surface area contributed by atoms with Gasteiger partial charge in [0.1, 0.15) is 24.1 Å². The number of nitrogens with zero attached hydrogens (tertiary/aromatic N) is 5. The smallest absolute Gasteiger partial charge is 0.246 e. The Hall–Kier alpha value is -3.88. The number of anilines is 2. The Morgan fingerprint density at radius 1 is 1.21 bits per heavy atom. The first-order valence-electron chi connectivity index (χ1n) is 11.4. The summed E-state index contributed by atoms with van der Waals surface area (Å²) in [4.78, 5) is 21.4. The summed E-state index contributed by atoms with van der Waals surface area (Å²) in [6.07, 6.45) is 6.35. The quantitative estimate of drug-likeness (QED) is 0.471. The van der Waals surface area contributed by atoms with Crippen LogP contribution in [-0.4, -0.2) is 37.3 Å². The average Bonchev–Trinajstić information content (AvgIpc) is 3.50. The predicted molar refractivity (Wildman–Crippen MR) is 131 cm³/mol. The third-order valence-electron chi connectivity index (χ3n) is 6.25. The number of carbonyl (C=O) groups excluding carboxylic acids is 1. The number of nitrogen functional groups attached to an aromatic ring is 1. The average molecular weight is 460 g/mol. The molecule has 0 aliphatic heterocycles. The normalized spacial score (nSPS) is 13.3. The molecule has 3 heterocycles. The lowest BCUT2D eigenvalue weighted by molar-refractivity contribution is -0.116. The van der Waals surface area contributed by atoms with E-state index in [0.717, 1.165) is 41.7 Å². The van der Waals surface area contributed by atoms with Gasteiger partial charge in [0, 0.05) is 29.1 Å². The topological polar surface area (TPSA) is 113 Å². The second-order valence-electron chi connectivity index (χ2n) is 9.65. The number of aromatic nitrogens is 5. The van der Waals surface area contributed by atoms with Crippen LogP contribution in [0.15, 0.2) is 36.8 Å². The molecule has 0 spiro atoms. The van der Waals surface area contributed by atoms with Crippen molar-refractivity contribution in [1.29, 1.82) is 0 Å². The van der Waals surface area contributed by atoms with E-state index in [2.05, 4.69) is 45.7 Å². The number of amides is 1. The Labute approximate surface area is 198 Å². The molecule has 1 amide bonds. The Morgan fingerprint density at radius 3 is 2.76 bits per heavy atom. The van der Waals surface area contributed by atoms with Gasteiger partial charge < -0.3 is 20.4 Å². The summed E-state index contributed by atoms with van der Waals surface area (Å²) >= 11 is 0. The van der Waals surface area contributed by atoms with Crippen molar-refractivity contribution < 1.29 is 9.53 Å². The number of nitrogens with two attached hydrogens (primary N) is 1. The van der Waals surface area contributed by atoms with Crippen molar-refractivity contribution in [2.75, 3.05) is 18.2 Å². The molecule has 0 bridgehead atoms. The predicted octanol–water partition coefficient (Wildman–Crippen LogP) is 3.63. The fourth-order valence-electron chi connectivity index (χ4n) is 4.59. The van der Waals surface area contributed by atoms with Crippen LogP contribution in [0, 0.1) is 0 Å². The largest absolute Gasteiger partial charge is 0.494 e.